The van der Waals surface area contributed by atoms with Crippen LogP contribution < -0.4 is 5.73 Å². The zero-order valence-corrected chi connectivity index (χ0v) is 10.2. The molecule has 4 nitrogen and oxygen atoms in total. The number of para-hydroxylation sites is 1. The van der Waals surface area contributed by atoms with Crippen molar-refractivity contribution in [2.24, 2.45) is 17.1 Å². The van der Waals surface area contributed by atoms with E-state index in [-0.39, 0.29) is 16.7 Å². The summed E-state index contributed by atoms with van der Waals surface area (Å²) < 4.78 is 0. The quantitative estimate of drug-likeness (QED) is 0.642. The number of hydrogen-bond acceptors (Lipinski definition) is 3. The van der Waals surface area contributed by atoms with Gasteiger partial charge in [-0.05, 0) is 24.2 Å². The molecule has 0 heterocycles. The summed E-state index contributed by atoms with van der Waals surface area (Å²) in [6.45, 7) is 4.38. The molecule has 1 aliphatic rings. The zero-order valence-electron chi connectivity index (χ0n) is 10.2. The van der Waals surface area contributed by atoms with E-state index in [1.54, 1.807) is 18.2 Å². The van der Waals surface area contributed by atoms with Crippen LogP contribution in [0.2, 0.25) is 0 Å². The van der Waals surface area contributed by atoms with Crippen LogP contribution in [0, 0.1) is 21.4 Å². The van der Waals surface area contributed by atoms with E-state index in [1.165, 1.54) is 0 Å². The van der Waals surface area contributed by atoms with Gasteiger partial charge in [0.1, 0.15) is 0 Å². The highest BCUT2D eigenvalue weighted by Crippen LogP contribution is 2.53. The fourth-order valence-corrected chi connectivity index (χ4v) is 2.50. The maximum Gasteiger partial charge on any atom is 0.272 e. The van der Waals surface area contributed by atoms with Gasteiger partial charge >= 0.3 is 0 Å². The van der Waals surface area contributed by atoms with E-state index < -0.39 is 0 Å². The first-order valence-electron chi connectivity index (χ1n) is 5.90. The molecular formula is C13H18N2O2. The van der Waals surface area contributed by atoms with Gasteiger partial charge in [0.05, 0.1) is 4.92 Å². The average Bonchev–Trinajstić information content (AvgIpc) is 2.88. The van der Waals surface area contributed by atoms with Gasteiger partial charge in [0.2, 0.25) is 0 Å². The van der Waals surface area contributed by atoms with Gasteiger partial charge in [0.15, 0.2) is 0 Å². The molecule has 2 atom stereocenters. The highest BCUT2D eigenvalue weighted by Gasteiger charge is 2.48. The van der Waals surface area contributed by atoms with Crippen LogP contribution in [0.5, 0.6) is 0 Å². The van der Waals surface area contributed by atoms with Crippen molar-refractivity contribution in [3.05, 3.63) is 39.9 Å². The molecule has 2 unspecified atom stereocenters. The van der Waals surface area contributed by atoms with E-state index in [1.807, 2.05) is 6.07 Å². The van der Waals surface area contributed by atoms with E-state index in [9.17, 15) is 10.1 Å². The Labute approximate surface area is 101 Å². The van der Waals surface area contributed by atoms with Crippen LogP contribution in [0.1, 0.15) is 25.8 Å². The lowest BCUT2D eigenvalue weighted by molar-refractivity contribution is -0.385. The Morgan fingerprint density at radius 1 is 1.53 bits per heavy atom. The van der Waals surface area contributed by atoms with Crippen molar-refractivity contribution >= 4 is 5.69 Å². The minimum atomic E-state index is -0.333. The number of benzene rings is 1. The Morgan fingerprint density at radius 3 is 2.65 bits per heavy atom. The van der Waals surface area contributed by atoms with Gasteiger partial charge in [-0.2, -0.15) is 0 Å². The first-order valence-corrected chi connectivity index (χ1v) is 5.90. The summed E-state index contributed by atoms with van der Waals surface area (Å²) in [5.74, 6) is 0.488. The predicted molar refractivity (Wildman–Crippen MR) is 66.7 cm³/mol. The average molecular weight is 234 g/mol. The van der Waals surface area contributed by atoms with E-state index in [0.29, 0.717) is 17.8 Å². The van der Waals surface area contributed by atoms with Gasteiger partial charge in [-0.1, -0.05) is 32.0 Å². The fourth-order valence-electron chi connectivity index (χ4n) is 2.50. The fraction of sp³-hybridized carbons (Fsp3) is 0.538. The van der Waals surface area contributed by atoms with Gasteiger partial charge in [-0.15, -0.1) is 0 Å². The second kappa shape index (κ2) is 4.11. The lowest BCUT2D eigenvalue weighted by atomic mass is 9.97. The number of nitro groups is 1. The maximum absolute atomic E-state index is 10.9. The number of nitrogens with two attached hydrogens (primary N) is 1. The Balaban J connectivity index is 2.11. The van der Waals surface area contributed by atoms with Gasteiger partial charge in [-0.25, -0.2) is 0 Å². The van der Waals surface area contributed by atoms with Crippen LogP contribution in [0.15, 0.2) is 24.3 Å². The number of nitrogens with zero attached hydrogens (tertiary/aromatic N) is 1. The number of nitro benzene ring substituents is 1. The summed E-state index contributed by atoms with van der Waals surface area (Å²) >= 11 is 0. The second-order valence-corrected chi connectivity index (χ2v) is 5.55. The number of rotatable bonds is 4. The van der Waals surface area contributed by atoms with E-state index in [0.717, 1.165) is 12.0 Å². The third-order valence-corrected chi connectivity index (χ3v) is 3.75. The lowest BCUT2D eigenvalue weighted by Gasteiger charge is -2.13. The van der Waals surface area contributed by atoms with Crippen molar-refractivity contribution in [3.63, 3.8) is 0 Å². The van der Waals surface area contributed by atoms with Crippen LogP contribution >= 0.6 is 0 Å². The molecule has 4 heteroatoms. The minimum Gasteiger partial charge on any atom is -0.327 e. The molecule has 0 saturated heterocycles. The monoisotopic (exact) mass is 234 g/mol. The molecule has 0 aliphatic heterocycles. The third kappa shape index (κ3) is 2.47. The van der Waals surface area contributed by atoms with Crippen molar-refractivity contribution in [2.75, 3.05) is 0 Å². The first-order chi connectivity index (χ1) is 7.92. The van der Waals surface area contributed by atoms with Gasteiger partial charge < -0.3 is 5.73 Å². The summed E-state index contributed by atoms with van der Waals surface area (Å²) in [4.78, 5) is 10.5. The van der Waals surface area contributed by atoms with Crippen molar-refractivity contribution in [1.82, 2.24) is 0 Å². The molecule has 0 bridgehead atoms. The summed E-state index contributed by atoms with van der Waals surface area (Å²) in [6, 6.07) is 6.88. The molecule has 1 aliphatic carbocycles. The maximum atomic E-state index is 10.9. The SMILES string of the molecule is CC1(C)CC1C(N)Cc1ccccc1[N+](=O)[O-]. The Morgan fingerprint density at radius 2 is 2.12 bits per heavy atom. The van der Waals surface area contributed by atoms with Gasteiger partial charge in [0.25, 0.3) is 5.69 Å². The molecule has 0 radical (unpaired) electrons. The van der Waals surface area contributed by atoms with Crippen LogP contribution in [0.25, 0.3) is 0 Å². The highest BCUT2D eigenvalue weighted by atomic mass is 16.6. The molecule has 1 aromatic rings. The third-order valence-electron chi connectivity index (χ3n) is 3.75. The molecule has 17 heavy (non-hydrogen) atoms. The molecule has 1 aromatic carbocycles. The van der Waals surface area contributed by atoms with Crippen molar-refractivity contribution in [2.45, 2.75) is 32.7 Å². The molecule has 2 rings (SSSR count). The topological polar surface area (TPSA) is 69.2 Å². The van der Waals surface area contributed by atoms with Crippen LogP contribution in [0.3, 0.4) is 0 Å². The summed E-state index contributed by atoms with van der Waals surface area (Å²) in [6.07, 6.45) is 1.71. The molecular weight excluding hydrogens is 216 g/mol. The molecule has 1 fully saturated rings. The molecule has 0 aromatic heterocycles. The Hall–Kier alpha value is -1.42. The Kier molecular flexibility index (Phi) is 2.91. The second-order valence-electron chi connectivity index (χ2n) is 5.55. The molecule has 0 spiro atoms. The van der Waals surface area contributed by atoms with E-state index >= 15 is 0 Å². The van der Waals surface area contributed by atoms with Crippen molar-refractivity contribution < 1.29 is 4.92 Å². The van der Waals surface area contributed by atoms with Crippen LogP contribution in [-0.2, 0) is 6.42 Å². The molecule has 0 amide bonds. The normalized spacial score (nSPS) is 23.1. The van der Waals surface area contributed by atoms with Gasteiger partial charge in [0, 0.05) is 17.7 Å². The summed E-state index contributed by atoms with van der Waals surface area (Å²) in [5, 5.41) is 10.9. The van der Waals surface area contributed by atoms with Crippen molar-refractivity contribution in [3.8, 4) is 0 Å². The standard InChI is InChI=1S/C13H18N2O2/c1-13(2)8-10(13)11(14)7-9-5-3-4-6-12(9)15(16)17/h3-6,10-11H,7-8,14H2,1-2H3. The Bertz CT molecular complexity index is 443. The predicted octanol–water partition coefficient (Wildman–Crippen LogP) is 2.51. The van der Waals surface area contributed by atoms with Gasteiger partial charge in [-0.3, -0.25) is 10.1 Å². The molecule has 1 saturated carbocycles. The number of hydrogen-bond donors (Lipinski definition) is 1. The lowest BCUT2D eigenvalue weighted by Crippen LogP contribution is -2.27. The summed E-state index contributed by atoms with van der Waals surface area (Å²) in [5.41, 5.74) is 7.37. The smallest absolute Gasteiger partial charge is 0.272 e. The largest absolute Gasteiger partial charge is 0.327 e. The van der Waals surface area contributed by atoms with E-state index in [4.69, 9.17) is 5.73 Å². The van der Waals surface area contributed by atoms with Crippen molar-refractivity contribution in [1.29, 1.82) is 0 Å². The zero-order chi connectivity index (χ0) is 12.6. The van der Waals surface area contributed by atoms with Crippen LogP contribution in [-0.4, -0.2) is 11.0 Å². The first kappa shape index (κ1) is 12.0. The molecule has 2 N–H and O–H groups in total. The summed E-state index contributed by atoms with van der Waals surface area (Å²) in [7, 11) is 0. The van der Waals surface area contributed by atoms with E-state index in [2.05, 4.69) is 13.8 Å². The minimum absolute atomic E-state index is 0.0195. The molecule has 92 valence electrons. The highest BCUT2D eigenvalue weighted by molar-refractivity contribution is 5.40. The van der Waals surface area contributed by atoms with Crippen LogP contribution in [0.4, 0.5) is 5.69 Å².